The lowest BCUT2D eigenvalue weighted by atomic mass is 9.91. The van der Waals surface area contributed by atoms with Crippen molar-refractivity contribution in [2.45, 2.75) is 76.0 Å². The fourth-order valence-electron chi connectivity index (χ4n) is 6.97. The van der Waals surface area contributed by atoms with Crippen LogP contribution in [0.15, 0.2) is 54.6 Å². The van der Waals surface area contributed by atoms with Crippen LogP contribution in [-0.2, 0) is 16.0 Å². The van der Waals surface area contributed by atoms with E-state index in [1.54, 1.807) is 11.8 Å². The zero-order chi connectivity index (χ0) is 31.6. The Hall–Kier alpha value is -3.30. The maximum Gasteiger partial charge on any atom is 0.322 e. The molecule has 2 N–H and O–H groups in total. The van der Waals surface area contributed by atoms with Crippen LogP contribution in [0.1, 0.15) is 74.9 Å². The van der Waals surface area contributed by atoms with Crippen LogP contribution in [0.3, 0.4) is 0 Å². The van der Waals surface area contributed by atoms with Crippen LogP contribution >= 0.6 is 11.8 Å². The highest BCUT2D eigenvalue weighted by molar-refractivity contribution is 8.01. The number of para-hydroxylation sites is 1. The van der Waals surface area contributed by atoms with Gasteiger partial charge in [-0.15, -0.1) is 11.8 Å². The number of thioether (sulfide) groups is 1. The van der Waals surface area contributed by atoms with Crippen molar-refractivity contribution in [1.29, 1.82) is 0 Å². The highest BCUT2D eigenvalue weighted by atomic mass is 32.2. The van der Waals surface area contributed by atoms with Gasteiger partial charge in [0.05, 0.1) is 5.25 Å². The third-order valence-corrected chi connectivity index (χ3v) is 11.1. The Morgan fingerprint density at radius 2 is 1.73 bits per heavy atom. The second-order valence-corrected chi connectivity index (χ2v) is 15.2. The van der Waals surface area contributed by atoms with Crippen LogP contribution in [0.25, 0.3) is 5.57 Å². The fraction of sp³-hybridized carbons (Fsp3) is 0.528. The van der Waals surface area contributed by atoms with E-state index in [1.807, 2.05) is 32.9 Å². The molecule has 0 bridgehead atoms. The summed E-state index contributed by atoms with van der Waals surface area (Å²) in [6.45, 7) is 11.0. The van der Waals surface area contributed by atoms with E-state index in [4.69, 9.17) is 0 Å². The number of carbonyl (C=O) groups is 3. The van der Waals surface area contributed by atoms with Gasteiger partial charge in [0.2, 0.25) is 11.8 Å². The Kier molecular flexibility index (Phi) is 9.57. The Balaban J connectivity index is 1.12. The van der Waals surface area contributed by atoms with Crippen molar-refractivity contribution in [2.24, 2.45) is 5.41 Å². The number of nitrogens with zero attached hydrogens (tertiary/aromatic N) is 3. The molecule has 2 unspecified atom stereocenters. The molecule has 2 fully saturated rings. The first-order chi connectivity index (χ1) is 21.7. The lowest BCUT2D eigenvalue weighted by Crippen LogP contribution is -2.50. The molecule has 4 amide bonds. The highest BCUT2D eigenvalue weighted by Gasteiger charge is 2.44. The van der Waals surface area contributed by atoms with E-state index in [-0.39, 0.29) is 41.1 Å². The molecule has 4 heterocycles. The minimum atomic E-state index is -0.398. The van der Waals surface area contributed by atoms with Gasteiger partial charge in [0.25, 0.3) is 0 Å². The van der Waals surface area contributed by atoms with Crippen LogP contribution < -0.4 is 10.6 Å². The fourth-order valence-corrected chi connectivity index (χ4v) is 8.48. The topological polar surface area (TPSA) is 85.0 Å². The Bertz CT molecular complexity index is 1440. The number of amides is 4. The van der Waals surface area contributed by atoms with E-state index in [0.29, 0.717) is 26.2 Å². The quantitative estimate of drug-likeness (QED) is 0.398. The van der Waals surface area contributed by atoms with Crippen LogP contribution in [0.2, 0.25) is 0 Å². The standard InChI is InChI=1S/C36H47N5O3S/c1-36(2,3)17-23-41-33(43)31(45-34(41)29-10-6-5-9-28(29)25-12-18-37-19-13-25)24-32(42)39-20-15-27(16-21-39)40-22-14-26-8-4-7-11-30(26)38-35(40)44/h4-12,27,31,34,37H,13-24H2,1-3H3,(H,38,44). The molecule has 0 aromatic heterocycles. The van der Waals surface area contributed by atoms with Crippen molar-refractivity contribution in [3.8, 4) is 0 Å². The molecule has 8 nitrogen and oxygen atoms in total. The third-order valence-electron chi connectivity index (χ3n) is 9.63. The van der Waals surface area contributed by atoms with Crippen LogP contribution in [0.5, 0.6) is 0 Å². The van der Waals surface area contributed by atoms with Gasteiger partial charge in [0.1, 0.15) is 5.37 Å². The maximum atomic E-state index is 14.0. The number of rotatable bonds is 7. The largest absolute Gasteiger partial charge is 0.342 e. The summed E-state index contributed by atoms with van der Waals surface area (Å²) in [5.41, 5.74) is 5.87. The molecule has 0 radical (unpaired) electrons. The molecule has 0 spiro atoms. The number of likely N-dealkylation sites (tertiary alicyclic amines) is 1. The SMILES string of the molecule is CC(C)(C)CCN1C(=O)C(CC(=O)N2CCC(N3CCc4ccccc4NC3=O)CC2)SC1c1ccccc1C1=CCNCC1. The van der Waals surface area contributed by atoms with Gasteiger partial charge < -0.3 is 25.3 Å². The second kappa shape index (κ2) is 13.6. The number of benzene rings is 2. The number of urea groups is 1. The number of hydrogen-bond donors (Lipinski definition) is 2. The average molecular weight is 630 g/mol. The molecule has 6 rings (SSSR count). The predicted molar refractivity (Wildman–Crippen MR) is 182 cm³/mol. The van der Waals surface area contributed by atoms with Gasteiger partial charge in [0.15, 0.2) is 0 Å². The van der Waals surface area contributed by atoms with E-state index in [1.165, 1.54) is 16.7 Å². The molecule has 4 aliphatic heterocycles. The van der Waals surface area contributed by atoms with Crippen molar-refractivity contribution in [2.75, 3.05) is 44.6 Å². The molecule has 240 valence electrons. The van der Waals surface area contributed by atoms with Gasteiger partial charge in [-0.05, 0) is 72.4 Å². The monoisotopic (exact) mass is 629 g/mol. The Labute approximate surface area is 272 Å². The number of carbonyl (C=O) groups excluding carboxylic acids is 3. The molecule has 2 atom stereocenters. The first kappa shape index (κ1) is 31.7. The van der Waals surface area contributed by atoms with Gasteiger partial charge in [-0.2, -0.15) is 0 Å². The van der Waals surface area contributed by atoms with Gasteiger partial charge in [-0.1, -0.05) is 69.3 Å². The highest BCUT2D eigenvalue weighted by Crippen LogP contribution is 2.47. The first-order valence-corrected chi connectivity index (χ1v) is 17.5. The Morgan fingerprint density at radius 1 is 0.978 bits per heavy atom. The van der Waals surface area contributed by atoms with E-state index < -0.39 is 5.25 Å². The van der Waals surface area contributed by atoms with Crippen molar-refractivity contribution in [3.63, 3.8) is 0 Å². The molecule has 4 aliphatic rings. The number of anilines is 1. The minimum absolute atomic E-state index is 0.0396. The minimum Gasteiger partial charge on any atom is -0.342 e. The average Bonchev–Trinajstić information content (AvgIpc) is 3.24. The van der Waals surface area contributed by atoms with Gasteiger partial charge in [0, 0.05) is 50.9 Å². The van der Waals surface area contributed by atoms with Gasteiger partial charge in [-0.3, -0.25) is 9.59 Å². The van der Waals surface area contributed by atoms with Crippen LogP contribution in [0, 0.1) is 5.41 Å². The summed E-state index contributed by atoms with van der Waals surface area (Å²) in [5, 5.41) is 5.98. The lowest BCUT2D eigenvalue weighted by molar-refractivity contribution is -0.137. The molecule has 0 saturated carbocycles. The summed E-state index contributed by atoms with van der Waals surface area (Å²) in [6, 6.07) is 16.5. The summed E-state index contributed by atoms with van der Waals surface area (Å²) in [6.07, 6.45) is 6.66. The Morgan fingerprint density at radius 3 is 2.49 bits per heavy atom. The molecule has 2 saturated heterocycles. The summed E-state index contributed by atoms with van der Waals surface area (Å²) >= 11 is 1.65. The lowest BCUT2D eigenvalue weighted by Gasteiger charge is -2.38. The molecule has 2 aromatic carbocycles. The summed E-state index contributed by atoms with van der Waals surface area (Å²) in [5.74, 6) is 0.116. The van der Waals surface area contributed by atoms with E-state index in [9.17, 15) is 14.4 Å². The maximum absolute atomic E-state index is 14.0. The molecular weight excluding hydrogens is 582 g/mol. The third kappa shape index (κ3) is 7.25. The molecule has 9 heteroatoms. The smallest absolute Gasteiger partial charge is 0.322 e. The van der Waals surface area contributed by atoms with Crippen LogP contribution in [-0.4, -0.2) is 83.1 Å². The number of hydrogen-bond acceptors (Lipinski definition) is 5. The second-order valence-electron chi connectivity index (χ2n) is 13.9. The summed E-state index contributed by atoms with van der Waals surface area (Å²) in [4.78, 5) is 46.6. The summed E-state index contributed by atoms with van der Waals surface area (Å²) < 4.78 is 0. The van der Waals surface area contributed by atoms with E-state index >= 15 is 0 Å². The number of piperidine rings is 1. The molecule has 0 aliphatic carbocycles. The number of nitrogens with one attached hydrogen (secondary N) is 2. The molecular formula is C36H47N5O3S. The van der Waals surface area contributed by atoms with Crippen molar-refractivity contribution < 1.29 is 14.4 Å². The van der Waals surface area contributed by atoms with Gasteiger partial charge in [-0.25, -0.2) is 4.79 Å². The van der Waals surface area contributed by atoms with E-state index in [0.717, 1.165) is 56.4 Å². The number of fused-ring (bicyclic) bond motifs is 1. The van der Waals surface area contributed by atoms with Crippen LogP contribution in [0.4, 0.5) is 10.5 Å². The van der Waals surface area contributed by atoms with E-state index in [2.05, 4.69) is 67.8 Å². The van der Waals surface area contributed by atoms with Gasteiger partial charge >= 0.3 is 6.03 Å². The predicted octanol–water partition coefficient (Wildman–Crippen LogP) is 5.91. The van der Waals surface area contributed by atoms with Crippen molar-refractivity contribution in [1.82, 2.24) is 20.0 Å². The zero-order valence-corrected chi connectivity index (χ0v) is 27.7. The normalized spacial score (nSPS) is 23.0. The van der Waals surface area contributed by atoms with Crippen molar-refractivity contribution in [3.05, 3.63) is 71.3 Å². The zero-order valence-electron chi connectivity index (χ0n) is 26.9. The molecule has 45 heavy (non-hydrogen) atoms. The summed E-state index contributed by atoms with van der Waals surface area (Å²) in [7, 11) is 0. The first-order valence-electron chi connectivity index (χ1n) is 16.6. The molecule has 2 aromatic rings. The van der Waals surface area contributed by atoms with Crippen molar-refractivity contribution >= 4 is 40.9 Å².